The molecule has 1 aromatic carbocycles. The summed E-state index contributed by atoms with van der Waals surface area (Å²) in [5.41, 5.74) is 3.35. The number of halogens is 1. The lowest BCUT2D eigenvalue weighted by molar-refractivity contribution is 0.797. The summed E-state index contributed by atoms with van der Waals surface area (Å²) in [6.45, 7) is 6.29. The van der Waals surface area contributed by atoms with E-state index in [4.69, 9.17) is 11.6 Å². The van der Waals surface area contributed by atoms with Gasteiger partial charge in [0.25, 0.3) is 0 Å². The van der Waals surface area contributed by atoms with Crippen LogP contribution in [0.25, 0.3) is 0 Å². The molecule has 0 fully saturated rings. The van der Waals surface area contributed by atoms with Crippen molar-refractivity contribution in [3.05, 3.63) is 64.4 Å². The van der Waals surface area contributed by atoms with Gasteiger partial charge in [-0.1, -0.05) is 29.8 Å². The molecule has 0 aliphatic carbocycles. The van der Waals surface area contributed by atoms with Crippen molar-refractivity contribution >= 4 is 17.6 Å². The van der Waals surface area contributed by atoms with Crippen LogP contribution < -0.4 is 10.6 Å². The third kappa shape index (κ3) is 6.28. The van der Waals surface area contributed by atoms with Gasteiger partial charge in [0.15, 0.2) is 5.96 Å². The lowest BCUT2D eigenvalue weighted by Gasteiger charge is -2.11. The highest BCUT2D eigenvalue weighted by atomic mass is 35.5. The second kappa shape index (κ2) is 9.16. The van der Waals surface area contributed by atoms with Gasteiger partial charge in [-0.2, -0.15) is 0 Å². The first kappa shape index (κ1) is 17.3. The molecular weight excluding hydrogens is 308 g/mol. The molecule has 1 heterocycles. The molecule has 0 aliphatic rings. The van der Waals surface area contributed by atoms with E-state index in [0.717, 1.165) is 41.7 Å². The Kier molecular flexibility index (Phi) is 6.88. The van der Waals surface area contributed by atoms with Gasteiger partial charge in [-0.25, -0.2) is 4.99 Å². The Balaban J connectivity index is 1.87. The van der Waals surface area contributed by atoms with Crippen molar-refractivity contribution < 1.29 is 0 Å². The van der Waals surface area contributed by atoms with Gasteiger partial charge in [0, 0.05) is 30.0 Å². The van der Waals surface area contributed by atoms with Crippen LogP contribution in [0, 0.1) is 6.92 Å². The van der Waals surface area contributed by atoms with E-state index < -0.39 is 0 Å². The first-order chi connectivity index (χ1) is 11.2. The number of nitrogens with one attached hydrogen (secondary N) is 2. The van der Waals surface area contributed by atoms with E-state index in [9.17, 15) is 0 Å². The second-order valence-corrected chi connectivity index (χ2v) is 5.75. The lowest BCUT2D eigenvalue weighted by atomic mass is 10.2. The number of guanidine groups is 1. The maximum absolute atomic E-state index is 6.00. The molecule has 122 valence electrons. The quantitative estimate of drug-likeness (QED) is 0.631. The van der Waals surface area contributed by atoms with Crippen LogP contribution in [-0.2, 0) is 13.0 Å². The average Bonchev–Trinajstić information content (AvgIpc) is 2.54. The van der Waals surface area contributed by atoms with Crippen molar-refractivity contribution in [2.75, 3.05) is 13.1 Å². The van der Waals surface area contributed by atoms with Crippen LogP contribution in [0.3, 0.4) is 0 Å². The summed E-state index contributed by atoms with van der Waals surface area (Å²) in [7, 11) is 0. The molecule has 0 amide bonds. The molecule has 0 radical (unpaired) electrons. The van der Waals surface area contributed by atoms with E-state index in [-0.39, 0.29) is 0 Å². The second-order valence-electron chi connectivity index (χ2n) is 5.31. The predicted octanol–water partition coefficient (Wildman–Crippen LogP) is 3.34. The van der Waals surface area contributed by atoms with E-state index in [1.165, 1.54) is 5.56 Å². The molecule has 0 atom stereocenters. The minimum Gasteiger partial charge on any atom is -0.357 e. The lowest BCUT2D eigenvalue weighted by Crippen LogP contribution is -2.38. The number of hydrogen-bond acceptors (Lipinski definition) is 2. The van der Waals surface area contributed by atoms with Gasteiger partial charge in [0.2, 0.25) is 0 Å². The van der Waals surface area contributed by atoms with Gasteiger partial charge < -0.3 is 10.6 Å². The van der Waals surface area contributed by atoms with Crippen LogP contribution in [0.4, 0.5) is 0 Å². The summed E-state index contributed by atoms with van der Waals surface area (Å²) in [6.07, 6.45) is 2.84. The third-order valence-electron chi connectivity index (χ3n) is 3.33. The summed E-state index contributed by atoms with van der Waals surface area (Å²) in [5, 5.41) is 7.34. The number of aliphatic imine (C=N–C) groups is 1. The highest BCUT2D eigenvalue weighted by Crippen LogP contribution is 2.11. The molecule has 23 heavy (non-hydrogen) atoms. The Hall–Kier alpha value is -2.07. The zero-order chi connectivity index (χ0) is 16.5. The molecule has 0 bridgehead atoms. The number of benzene rings is 1. The number of rotatable bonds is 6. The van der Waals surface area contributed by atoms with Gasteiger partial charge in [-0.3, -0.25) is 4.98 Å². The average molecular weight is 331 g/mol. The highest BCUT2D eigenvalue weighted by molar-refractivity contribution is 6.30. The number of nitrogens with zero attached hydrogens (tertiary/aromatic N) is 2. The van der Waals surface area contributed by atoms with Gasteiger partial charge in [-0.05, 0) is 49.6 Å². The first-order valence-electron chi connectivity index (χ1n) is 7.85. The van der Waals surface area contributed by atoms with Crippen molar-refractivity contribution in [3.63, 3.8) is 0 Å². The van der Waals surface area contributed by atoms with Crippen LogP contribution in [0.5, 0.6) is 0 Å². The van der Waals surface area contributed by atoms with E-state index in [1.807, 2.05) is 43.5 Å². The van der Waals surface area contributed by atoms with Gasteiger partial charge in [0.05, 0.1) is 6.54 Å². The Morgan fingerprint density at radius 1 is 1.17 bits per heavy atom. The number of hydrogen-bond donors (Lipinski definition) is 2. The maximum Gasteiger partial charge on any atom is 0.191 e. The maximum atomic E-state index is 6.00. The molecular formula is C18H23ClN4. The topological polar surface area (TPSA) is 49.3 Å². The van der Waals surface area contributed by atoms with Crippen molar-refractivity contribution in [2.24, 2.45) is 4.99 Å². The zero-order valence-electron chi connectivity index (χ0n) is 13.6. The largest absolute Gasteiger partial charge is 0.357 e. The third-order valence-corrected chi connectivity index (χ3v) is 3.57. The minimum atomic E-state index is 0.599. The molecule has 4 nitrogen and oxygen atoms in total. The van der Waals surface area contributed by atoms with Crippen LogP contribution >= 0.6 is 11.6 Å². The van der Waals surface area contributed by atoms with E-state index in [0.29, 0.717) is 6.54 Å². The first-order valence-corrected chi connectivity index (χ1v) is 8.23. The molecule has 0 spiro atoms. The van der Waals surface area contributed by atoms with Crippen LogP contribution in [-0.4, -0.2) is 24.0 Å². The van der Waals surface area contributed by atoms with Crippen LogP contribution in [0.2, 0.25) is 5.02 Å². The smallest absolute Gasteiger partial charge is 0.191 e. The number of aromatic nitrogens is 1. The molecule has 0 saturated heterocycles. The van der Waals surface area contributed by atoms with Crippen molar-refractivity contribution in [2.45, 2.75) is 26.8 Å². The summed E-state index contributed by atoms with van der Waals surface area (Å²) in [4.78, 5) is 8.90. The van der Waals surface area contributed by atoms with E-state index in [2.05, 4.69) is 33.6 Å². The summed E-state index contributed by atoms with van der Waals surface area (Å²) >= 11 is 6.00. The van der Waals surface area contributed by atoms with Gasteiger partial charge in [0.1, 0.15) is 0 Å². The Morgan fingerprint density at radius 2 is 2.04 bits per heavy atom. The Morgan fingerprint density at radius 3 is 2.74 bits per heavy atom. The highest BCUT2D eigenvalue weighted by Gasteiger charge is 1.99. The fraction of sp³-hybridized carbons (Fsp3) is 0.333. The van der Waals surface area contributed by atoms with Gasteiger partial charge in [-0.15, -0.1) is 0 Å². The van der Waals surface area contributed by atoms with Gasteiger partial charge >= 0.3 is 0 Å². The Bertz CT molecular complexity index is 638. The minimum absolute atomic E-state index is 0.599. The summed E-state index contributed by atoms with van der Waals surface area (Å²) in [5.74, 6) is 0.813. The molecule has 1 aromatic heterocycles. The number of pyridine rings is 1. The number of aryl methyl sites for hydroxylation is 1. The zero-order valence-corrected chi connectivity index (χ0v) is 14.4. The van der Waals surface area contributed by atoms with E-state index in [1.54, 1.807) is 0 Å². The summed E-state index contributed by atoms with van der Waals surface area (Å²) < 4.78 is 0. The SMILES string of the molecule is CCNC(=NCc1cccc(Cl)c1)NCCc1ccc(C)nc1. The molecule has 0 unspecified atom stereocenters. The Labute approximate surface area is 143 Å². The van der Waals surface area contributed by atoms with Crippen molar-refractivity contribution in [1.29, 1.82) is 0 Å². The summed E-state index contributed by atoms with van der Waals surface area (Å²) in [6, 6.07) is 11.9. The van der Waals surface area contributed by atoms with E-state index >= 15 is 0 Å². The predicted molar refractivity (Wildman–Crippen MR) is 96.9 cm³/mol. The molecule has 2 rings (SSSR count). The normalized spacial score (nSPS) is 11.3. The van der Waals surface area contributed by atoms with Crippen LogP contribution in [0.15, 0.2) is 47.6 Å². The molecule has 2 aromatic rings. The van der Waals surface area contributed by atoms with Crippen LogP contribution in [0.1, 0.15) is 23.7 Å². The molecule has 0 saturated carbocycles. The van der Waals surface area contributed by atoms with Crippen molar-refractivity contribution in [1.82, 2.24) is 15.6 Å². The standard InChI is InChI=1S/C18H23ClN4/c1-3-20-18(23-13-16-5-4-6-17(19)11-16)21-10-9-15-8-7-14(2)22-12-15/h4-8,11-12H,3,9-10,13H2,1-2H3,(H2,20,21,23). The molecule has 0 aliphatic heterocycles. The molecule has 2 N–H and O–H groups in total. The fourth-order valence-electron chi connectivity index (χ4n) is 2.12. The fourth-order valence-corrected chi connectivity index (χ4v) is 2.33. The van der Waals surface area contributed by atoms with Crippen molar-refractivity contribution in [3.8, 4) is 0 Å². The monoisotopic (exact) mass is 330 g/mol. The molecule has 5 heteroatoms.